The average molecular weight is 340 g/mol. The first-order valence-corrected chi connectivity index (χ1v) is 9.69. The van der Waals surface area contributed by atoms with Crippen LogP contribution < -0.4 is 5.32 Å². The minimum atomic E-state index is -0.460. The Balaban J connectivity index is 3.41. The quantitative estimate of drug-likeness (QED) is 0.265. The monoisotopic (exact) mass is 339 g/mol. The van der Waals surface area contributed by atoms with Gasteiger partial charge in [0.25, 0.3) is 0 Å². The Kier molecular flexibility index (Phi) is 15.6. The molecule has 4 heteroatoms. The summed E-state index contributed by atoms with van der Waals surface area (Å²) in [5.41, 5.74) is 0. The Morgan fingerprint density at radius 3 is 1.96 bits per heavy atom. The van der Waals surface area contributed by atoms with Crippen LogP contribution in [0.2, 0.25) is 0 Å². The van der Waals surface area contributed by atoms with Crippen LogP contribution in [0.25, 0.3) is 0 Å². The van der Waals surface area contributed by atoms with Gasteiger partial charge >= 0.3 is 5.97 Å². The molecule has 0 aromatic heterocycles. The zero-order chi connectivity index (χ0) is 18.0. The third-order valence-electron chi connectivity index (χ3n) is 3.76. The van der Waals surface area contributed by atoms with Crippen molar-refractivity contribution in [2.45, 2.75) is 85.0 Å². The molecule has 0 aliphatic carbocycles. The van der Waals surface area contributed by atoms with Crippen molar-refractivity contribution in [2.24, 2.45) is 5.92 Å². The average Bonchev–Trinajstić information content (AvgIpc) is 2.56. The summed E-state index contributed by atoms with van der Waals surface area (Å²) in [4.78, 5) is 22.9. The van der Waals surface area contributed by atoms with Gasteiger partial charge < -0.3 is 10.1 Å². The van der Waals surface area contributed by atoms with Crippen LogP contribution in [0, 0.1) is 5.92 Å². The van der Waals surface area contributed by atoms with Crippen LogP contribution in [0.3, 0.4) is 0 Å². The zero-order valence-corrected chi connectivity index (χ0v) is 15.9. The molecule has 1 amide bonds. The Morgan fingerprint density at radius 1 is 0.875 bits per heavy atom. The second-order valence-electron chi connectivity index (χ2n) is 6.83. The summed E-state index contributed by atoms with van der Waals surface area (Å²) >= 11 is 0. The molecule has 24 heavy (non-hydrogen) atoms. The maximum Gasteiger partial charge on any atom is 0.330 e. The molecule has 0 rings (SSSR count). The maximum absolute atomic E-state index is 11.5. The molecule has 0 aliphatic heterocycles. The van der Waals surface area contributed by atoms with Gasteiger partial charge in [0.1, 0.15) is 0 Å². The van der Waals surface area contributed by atoms with Gasteiger partial charge in [0.15, 0.2) is 0 Å². The van der Waals surface area contributed by atoms with Crippen LogP contribution in [-0.4, -0.2) is 25.0 Å². The van der Waals surface area contributed by atoms with Gasteiger partial charge in [-0.15, -0.1) is 0 Å². The molecular weight excluding hydrogens is 302 g/mol. The fourth-order valence-corrected chi connectivity index (χ4v) is 2.32. The van der Waals surface area contributed by atoms with Gasteiger partial charge in [-0.2, -0.15) is 0 Å². The normalized spacial score (nSPS) is 11.2. The predicted octanol–water partition coefficient (Wildman–Crippen LogP) is 4.78. The van der Waals surface area contributed by atoms with E-state index < -0.39 is 5.97 Å². The molecule has 0 saturated carbocycles. The molecular formula is C20H37NO3. The fourth-order valence-electron chi connectivity index (χ4n) is 2.32. The zero-order valence-electron chi connectivity index (χ0n) is 15.9. The van der Waals surface area contributed by atoms with Crippen LogP contribution in [0.4, 0.5) is 0 Å². The van der Waals surface area contributed by atoms with Gasteiger partial charge in [0.05, 0.1) is 6.61 Å². The van der Waals surface area contributed by atoms with Crippen molar-refractivity contribution in [3.8, 4) is 0 Å². The van der Waals surface area contributed by atoms with E-state index in [0.717, 1.165) is 12.8 Å². The smallest absolute Gasteiger partial charge is 0.330 e. The molecule has 0 fully saturated rings. The standard InChI is InChI=1S/C20H37NO3/c1-4-5-6-7-8-9-10-11-12-13-16-21-19(22)14-15-20(23)24-17-18(2)3/h14-15,18H,4-13,16-17H2,1-3H3,(H,21,22)/b15-14-. The number of ether oxygens (including phenoxy) is 1. The summed E-state index contributed by atoms with van der Waals surface area (Å²) in [7, 11) is 0. The highest BCUT2D eigenvalue weighted by Crippen LogP contribution is 2.10. The lowest BCUT2D eigenvalue weighted by Gasteiger charge is -2.04. The highest BCUT2D eigenvalue weighted by molar-refractivity contribution is 5.94. The van der Waals surface area contributed by atoms with Crippen molar-refractivity contribution >= 4 is 11.9 Å². The van der Waals surface area contributed by atoms with E-state index in [1.165, 1.54) is 63.5 Å². The Bertz CT molecular complexity index is 351. The van der Waals surface area contributed by atoms with Crippen molar-refractivity contribution in [3.63, 3.8) is 0 Å². The topological polar surface area (TPSA) is 55.4 Å². The Labute approximate surface area is 148 Å². The van der Waals surface area contributed by atoms with Crippen molar-refractivity contribution < 1.29 is 14.3 Å². The molecule has 4 nitrogen and oxygen atoms in total. The second kappa shape index (κ2) is 16.5. The molecule has 0 unspecified atom stereocenters. The number of carbonyl (C=O) groups excluding carboxylic acids is 2. The first kappa shape index (κ1) is 22.7. The molecule has 140 valence electrons. The fraction of sp³-hybridized carbons (Fsp3) is 0.800. The van der Waals surface area contributed by atoms with E-state index in [0.29, 0.717) is 19.1 Å². The molecule has 0 aromatic rings. The second-order valence-corrected chi connectivity index (χ2v) is 6.83. The third kappa shape index (κ3) is 17.0. The van der Waals surface area contributed by atoms with E-state index >= 15 is 0 Å². The number of rotatable bonds is 15. The molecule has 1 N–H and O–H groups in total. The van der Waals surface area contributed by atoms with Gasteiger partial charge in [-0.3, -0.25) is 4.79 Å². The summed E-state index contributed by atoms with van der Waals surface area (Å²) in [5, 5.41) is 2.79. The van der Waals surface area contributed by atoms with Crippen LogP contribution in [0.1, 0.15) is 85.0 Å². The molecule has 0 aromatic carbocycles. The lowest BCUT2D eigenvalue weighted by Crippen LogP contribution is -2.22. The molecule has 0 atom stereocenters. The summed E-state index contributed by atoms with van der Waals surface area (Å²) < 4.78 is 4.96. The Hall–Kier alpha value is -1.32. The summed E-state index contributed by atoms with van der Waals surface area (Å²) in [6.45, 7) is 7.23. The van der Waals surface area contributed by atoms with Crippen LogP contribution in [-0.2, 0) is 14.3 Å². The van der Waals surface area contributed by atoms with E-state index in [9.17, 15) is 9.59 Å². The van der Waals surface area contributed by atoms with E-state index in [4.69, 9.17) is 4.74 Å². The number of esters is 1. The molecule has 0 radical (unpaired) electrons. The number of unbranched alkanes of at least 4 members (excludes halogenated alkanes) is 9. The van der Waals surface area contributed by atoms with Crippen molar-refractivity contribution in [2.75, 3.05) is 13.2 Å². The van der Waals surface area contributed by atoms with Crippen LogP contribution in [0.15, 0.2) is 12.2 Å². The highest BCUT2D eigenvalue weighted by Gasteiger charge is 2.01. The Morgan fingerprint density at radius 2 is 1.42 bits per heavy atom. The number of hydrogen-bond donors (Lipinski definition) is 1. The molecule has 0 spiro atoms. The molecule has 0 aliphatic rings. The van der Waals surface area contributed by atoms with E-state index in [-0.39, 0.29) is 5.91 Å². The third-order valence-corrected chi connectivity index (χ3v) is 3.76. The molecule has 0 saturated heterocycles. The minimum absolute atomic E-state index is 0.229. The summed E-state index contributed by atoms with van der Waals surface area (Å²) in [6.07, 6.45) is 15.2. The summed E-state index contributed by atoms with van der Waals surface area (Å²) in [5.74, 6) is -0.391. The van der Waals surface area contributed by atoms with E-state index in [2.05, 4.69) is 12.2 Å². The van der Waals surface area contributed by atoms with Gasteiger partial charge in [0, 0.05) is 18.7 Å². The summed E-state index contributed by atoms with van der Waals surface area (Å²) in [6, 6.07) is 0. The predicted molar refractivity (Wildman–Crippen MR) is 99.8 cm³/mol. The number of carbonyl (C=O) groups is 2. The van der Waals surface area contributed by atoms with Gasteiger partial charge in [0.2, 0.25) is 5.91 Å². The van der Waals surface area contributed by atoms with Crippen molar-refractivity contribution in [3.05, 3.63) is 12.2 Å². The van der Waals surface area contributed by atoms with E-state index in [1.54, 1.807) is 0 Å². The minimum Gasteiger partial charge on any atom is -0.462 e. The lowest BCUT2D eigenvalue weighted by atomic mass is 10.1. The van der Waals surface area contributed by atoms with Crippen molar-refractivity contribution in [1.82, 2.24) is 5.32 Å². The first-order chi connectivity index (χ1) is 11.6. The SMILES string of the molecule is CCCCCCCCCCCCNC(=O)/C=C\C(=O)OCC(C)C. The number of hydrogen-bond acceptors (Lipinski definition) is 3. The largest absolute Gasteiger partial charge is 0.462 e. The van der Waals surface area contributed by atoms with E-state index in [1.807, 2.05) is 13.8 Å². The number of nitrogens with one attached hydrogen (secondary N) is 1. The van der Waals surface area contributed by atoms with Gasteiger partial charge in [-0.05, 0) is 12.3 Å². The van der Waals surface area contributed by atoms with Gasteiger partial charge in [-0.25, -0.2) is 4.79 Å². The molecule has 0 heterocycles. The van der Waals surface area contributed by atoms with Crippen LogP contribution in [0.5, 0.6) is 0 Å². The first-order valence-electron chi connectivity index (χ1n) is 9.69. The highest BCUT2D eigenvalue weighted by atomic mass is 16.5. The number of amides is 1. The van der Waals surface area contributed by atoms with Crippen molar-refractivity contribution in [1.29, 1.82) is 0 Å². The lowest BCUT2D eigenvalue weighted by molar-refractivity contribution is -0.139. The maximum atomic E-state index is 11.5. The van der Waals surface area contributed by atoms with Gasteiger partial charge in [-0.1, -0.05) is 78.6 Å². The molecule has 0 bridgehead atoms. The van der Waals surface area contributed by atoms with Crippen LogP contribution >= 0.6 is 0 Å².